The van der Waals surface area contributed by atoms with Gasteiger partial charge in [-0.1, -0.05) is 24.3 Å². The molecule has 0 saturated carbocycles. The SMILES string of the molecule is COc1cc(C(=O)O)c(-c2ccccc2Cn2ccc3cc(C(=N)N)ccc32)c(C(=O)O)c1. The molecule has 8 nitrogen and oxygen atoms in total. The van der Waals surface area contributed by atoms with Crippen LogP contribution in [0.5, 0.6) is 5.75 Å². The van der Waals surface area contributed by atoms with E-state index in [9.17, 15) is 19.8 Å². The molecule has 0 amide bonds. The first kappa shape index (κ1) is 21.6. The quantitative estimate of drug-likeness (QED) is 0.251. The molecule has 4 aromatic rings. The Bertz CT molecular complexity index is 1390. The van der Waals surface area contributed by atoms with Crippen LogP contribution in [0.2, 0.25) is 0 Å². The molecule has 166 valence electrons. The molecular weight excluding hydrogens is 422 g/mol. The fourth-order valence-corrected chi connectivity index (χ4v) is 3.95. The lowest BCUT2D eigenvalue weighted by Gasteiger charge is -2.17. The fourth-order valence-electron chi connectivity index (χ4n) is 3.95. The molecular formula is C25H21N3O5. The summed E-state index contributed by atoms with van der Waals surface area (Å²) in [7, 11) is 1.36. The minimum absolute atomic E-state index is 0.0168. The molecule has 0 spiro atoms. The molecule has 3 aromatic carbocycles. The van der Waals surface area contributed by atoms with Crippen molar-refractivity contribution in [2.45, 2.75) is 6.54 Å². The standard InChI is InChI=1S/C25H21N3O5/c1-33-17-11-19(24(29)30)22(20(12-17)25(31)32)18-5-3-2-4-16(18)13-28-9-8-14-10-15(23(26)27)6-7-21(14)28/h2-12H,13H2,1H3,(H3,26,27)(H,29,30)(H,31,32). The number of aromatic nitrogens is 1. The van der Waals surface area contributed by atoms with Gasteiger partial charge < -0.3 is 25.3 Å². The van der Waals surface area contributed by atoms with Crippen molar-refractivity contribution < 1.29 is 24.5 Å². The summed E-state index contributed by atoms with van der Waals surface area (Å²) in [5.74, 6) is -2.35. The highest BCUT2D eigenvalue weighted by atomic mass is 16.5. The number of benzene rings is 3. The molecule has 8 heteroatoms. The summed E-state index contributed by atoms with van der Waals surface area (Å²) in [4.78, 5) is 24.1. The number of amidine groups is 1. The van der Waals surface area contributed by atoms with E-state index in [1.54, 1.807) is 18.2 Å². The molecule has 4 rings (SSSR count). The first-order valence-corrected chi connectivity index (χ1v) is 10.0. The van der Waals surface area contributed by atoms with Crippen molar-refractivity contribution in [3.05, 3.63) is 89.1 Å². The monoisotopic (exact) mass is 443 g/mol. The van der Waals surface area contributed by atoms with Gasteiger partial charge in [-0.2, -0.15) is 0 Å². The van der Waals surface area contributed by atoms with E-state index < -0.39 is 11.9 Å². The lowest BCUT2D eigenvalue weighted by atomic mass is 9.90. The van der Waals surface area contributed by atoms with Crippen molar-refractivity contribution in [3.8, 4) is 16.9 Å². The van der Waals surface area contributed by atoms with Crippen LogP contribution in [0.4, 0.5) is 0 Å². The van der Waals surface area contributed by atoms with Crippen LogP contribution in [0, 0.1) is 5.41 Å². The highest BCUT2D eigenvalue weighted by Crippen LogP contribution is 2.35. The van der Waals surface area contributed by atoms with Gasteiger partial charge in [0.2, 0.25) is 0 Å². The zero-order chi connectivity index (χ0) is 23.7. The Balaban J connectivity index is 1.88. The zero-order valence-corrected chi connectivity index (χ0v) is 17.7. The van der Waals surface area contributed by atoms with Crippen LogP contribution < -0.4 is 10.5 Å². The number of carbonyl (C=O) groups is 2. The smallest absolute Gasteiger partial charge is 0.336 e. The van der Waals surface area contributed by atoms with Crippen molar-refractivity contribution in [2.75, 3.05) is 7.11 Å². The second-order valence-corrected chi connectivity index (χ2v) is 7.50. The number of nitrogens with zero attached hydrogens (tertiary/aromatic N) is 1. The summed E-state index contributed by atoms with van der Waals surface area (Å²) in [6.45, 7) is 0.378. The van der Waals surface area contributed by atoms with Crippen molar-refractivity contribution in [2.24, 2.45) is 5.73 Å². The van der Waals surface area contributed by atoms with Gasteiger partial charge in [0, 0.05) is 34.8 Å². The molecule has 0 aliphatic heterocycles. The highest BCUT2D eigenvalue weighted by Gasteiger charge is 2.24. The van der Waals surface area contributed by atoms with Crippen LogP contribution in [-0.4, -0.2) is 39.7 Å². The van der Waals surface area contributed by atoms with Crippen LogP contribution in [0.25, 0.3) is 22.0 Å². The van der Waals surface area contributed by atoms with Gasteiger partial charge in [-0.25, -0.2) is 9.59 Å². The number of nitrogens with one attached hydrogen (secondary N) is 1. The third kappa shape index (κ3) is 4.01. The average molecular weight is 443 g/mol. The van der Waals surface area contributed by atoms with Gasteiger partial charge in [-0.05, 0) is 47.5 Å². The van der Waals surface area contributed by atoms with E-state index >= 15 is 0 Å². The molecule has 0 saturated heterocycles. The maximum Gasteiger partial charge on any atom is 0.336 e. The minimum atomic E-state index is -1.25. The molecule has 0 bridgehead atoms. The first-order valence-electron chi connectivity index (χ1n) is 10.0. The molecule has 1 heterocycles. The number of methoxy groups -OCH3 is 1. The van der Waals surface area contributed by atoms with E-state index in [4.69, 9.17) is 15.9 Å². The van der Waals surface area contributed by atoms with E-state index in [2.05, 4.69) is 0 Å². The van der Waals surface area contributed by atoms with Gasteiger partial charge in [0.1, 0.15) is 11.6 Å². The predicted molar refractivity (Wildman–Crippen MR) is 124 cm³/mol. The maximum atomic E-state index is 12.0. The normalized spacial score (nSPS) is 10.8. The second kappa shape index (κ2) is 8.51. The fraction of sp³-hybridized carbons (Fsp3) is 0.0800. The number of aromatic carboxylic acids is 2. The van der Waals surface area contributed by atoms with E-state index in [1.807, 2.05) is 41.1 Å². The van der Waals surface area contributed by atoms with E-state index in [0.717, 1.165) is 16.5 Å². The number of carboxylic acid groups (broad SMARTS) is 2. The molecule has 5 N–H and O–H groups in total. The number of carboxylic acids is 2. The lowest BCUT2D eigenvalue weighted by Crippen LogP contribution is -2.11. The predicted octanol–water partition coefficient (Wildman–Crippen LogP) is 4.05. The molecule has 0 atom stereocenters. The molecule has 0 unspecified atom stereocenters. The first-order chi connectivity index (χ1) is 15.8. The maximum absolute atomic E-state index is 12.0. The Kier molecular flexibility index (Phi) is 5.58. The Morgan fingerprint density at radius 1 is 1.00 bits per heavy atom. The second-order valence-electron chi connectivity index (χ2n) is 7.50. The van der Waals surface area contributed by atoms with E-state index in [0.29, 0.717) is 17.7 Å². The van der Waals surface area contributed by atoms with E-state index in [1.165, 1.54) is 19.2 Å². The Morgan fingerprint density at radius 3 is 2.27 bits per heavy atom. The number of rotatable bonds is 7. The molecule has 33 heavy (non-hydrogen) atoms. The lowest BCUT2D eigenvalue weighted by molar-refractivity contribution is 0.0696. The molecule has 0 radical (unpaired) electrons. The Labute approximate surface area is 189 Å². The highest BCUT2D eigenvalue weighted by molar-refractivity contribution is 6.06. The third-order valence-electron chi connectivity index (χ3n) is 5.52. The van der Waals surface area contributed by atoms with Gasteiger partial charge in [0.15, 0.2) is 0 Å². The number of nitrogen functional groups attached to an aromatic ring is 1. The van der Waals surface area contributed by atoms with Gasteiger partial charge in [0.25, 0.3) is 0 Å². The van der Waals surface area contributed by atoms with Crippen molar-refractivity contribution in [1.29, 1.82) is 5.41 Å². The van der Waals surface area contributed by atoms with Crippen LogP contribution in [0.3, 0.4) is 0 Å². The van der Waals surface area contributed by atoms with Crippen LogP contribution >= 0.6 is 0 Å². The van der Waals surface area contributed by atoms with Crippen molar-refractivity contribution in [3.63, 3.8) is 0 Å². The Morgan fingerprint density at radius 2 is 1.67 bits per heavy atom. The number of ether oxygens (including phenoxy) is 1. The summed E-state index contributed by atoms with van der Waals surface area (Å²) in [6.07, 6.45) is 1.88. The average Bonchev–Trinajstić information content (AvgIpc) is 3.20. The van der Waals surface area contributed by atoms with Crippen LogP contribution in [0.15, 0.2) is 66.9 Å². The largest absolute Gasteiger partial charge is 0.497 e. The topological polar surface area (TPSA) is 139 Å². The summed E-state index contributed by atoms with van der Waals surface area (Å²) in [5.41, 5.74) is 8.20. The van der Waals surface area contributed by atoms with Gasteiger partial charge >= 0.3 is 11.9 Å². The van der Waals surface area contributed by atoms with Crippen LogP contribution in [-0.2, 0) is 6.54 Å². The summed E-state index contributed by atoms with van der Waals surface area (Å²) < 4.78 is 7.10. The third-order valence-corrected chi connectivity index (χ3v) is 5.52. The van der Waals surface area contributed by atoms with Crippen molar-refractivity contribution >= 4 is 28.7 Å². The zero-order valence-electron chi connectivity index (χ0n) is 17.7. The molecule has 0 fully saturated rings. The number of fused-ring (bicyclic) bond motifs is 1. The van der Waals surface area contributed by atoms with Gasteiger partial charge in [-0.3, -0.25) is 5.41 Å². The molecule has 1 aromatic heterocycles. The van der Waals surface area contributed by atoms with Gasteiger partial charge in [-0.15, -0.1) is 0 Å². The summed E-state index contributed by atoms with van der Waals surface area (Å²) >= 11 is 0. The minimum Gasteiger partial charge on any atom is -0.497 e. The number of nitrogens with two attached hydrogens (primary N) is 1. The molecule has 0 aliphatic carbocycles. The van der Waals surface area contributed by atoms with Crippen LogP contribution in [0.1, 0.15) is 31.8 Å². The molecule has 0 aliphatic rings. The number of hydrogen-bond donors (Lipinski definition) is 4. The summed E-state index contributed by atoms with van der Waals surface area (Å²) in [6, 6.07) is 17.1. The number of hydrogen-bond acceptors (Lipinski definition) is 4. The van der Waals surface area contributed by atoms with E-state index in [-0.39, 0.29) is 28.3 Å². The van der Waals surface area contributed by atoms with Crippen molar-refractivity contribution in [1.82, 2.24) is 4.57 Å². The summed E-state index contributed by atoms with van der Waals surface area (Å²) in [5, 5.41) is 28.2. The van der Waals surface area contributed by atoms with Gasteiger partial charge in [0.05, 0.1) is 18.2 Å². The Hall–Kier alpha value is -4.59.